The number of rotatable bonds is 2. The molecule has 92 valence electrons. The van der Waals surface area contributed by atoms with E-state index in [1.807, 2.05) is 6.92 Å². The maximum absolute atomic E-state index is 13.2. The SMILES string of the molecule is Cc1cnc(N)c(C(=O)c2ccc(F)c(C)c2)c1. The van der Waals surface area contributed by atoms with Crippen molar-refractivity contribution in [1.29, 1.82) is 0 Å². The van der Waals surface area contributed by atoms with Crippen LogP contribution in [0.2, 0.25) is 0 Å². The fraction of sp³-hybridized carbons (Fsp3) is 0.143. The normalized spacial score (nSPS) is 10.4. The zero-order valence-electron chi connectivity index (χ0n) is 10.2. The minimum atomic E-state index is -0.332. The first kappa shape index (κ1) is 12.2. The average Bonchev–Trinajstić information content (AvgIpc) is 2.35. The second-order valence-corrected chi connectivity index (χ2v) is 4.24. The molecule has 3 nitrogen and oxygen atoms in total. The summed E-state index contributed by atoms with van der Waals surface area (Å²) < 4.78 is 13.2. The monoisotopic (exact) mass is 244 g/mol. The van der Waals surface area contributed by atoms with E-state index in [4.69, 9.17) is 5.73 Å². The molecule has 0 saturated heterocycles. The zero-order chi connectivity index (χ0) is 13.3. The highest BCUT2D eigenvalue weighted by atomic mass is 19.1. The van der Waals surface area contributed by atoms with Crippen LogP contribution in [0.15, 0.2) is 30.5 Å². The molecule has 1 aromatic carbocycles. The quantitative estimate of drug-likeness (QED) is 0.826. The molecular formula is C14H13FN2O. The number of nitrogens with two attached hydrogens (primary N) is 1. The highest BCUT2D eigenvalue weighted by Crippen LogP contribution is 2.18. The maximum Gasteiger partial charge on any atom is 0.196 e. The summed E-state index contributed by atoms with van der Waals surface area (Å²) in [7, 11) is 0. The van der Waals surface area contributed by atoms with Gasteiger partial charge in [-0.1, -0.05) is 0 Å². The van der Waals surface area contributed by atoms with Crippen molar-refractivity contribution in [1.82, 2.24) is 4.98 Å². The summed E-state index contributed by atoms with van der Waals surface area (Å²) in [6.07, 6.45) is 1.60. The molecule has 1 aromatic heterocycles. The van der Waals surface area contributed by atoms with Crippen molar-refractivity contribution in [3.8, 4) is 0 Å². The molecule has 18 heavy (non-hydrogen) atoms. The first-order valence-corrected chi connectivity index (χ1v) is 5.52. The molecule has 2 rings (SSSR count). The number of hydrogen-bond acceptors (Lipinski definition) is 3. The number of carbonyl (C=O) groups is 1. The Kier molecular flexibility index (Phi) is 3.10. The van der Waals surface area contributed by atoms with E-state index in [1.165, 1.54) is 18.2 Å². The number of nitrogen functional groups attached to an aromatic ring is 1. The Morgan fingerprint density at radius 1 is 1.28 bits per heavy atom. The topological polar surface area (TPSA) is 56.0 Å². The molecule has 0 aliphatic rings. The number of anilines is 1. The lowest BCUT2D eigenvalue weighted by molar-refractivity contribution is 0.103. The van der Waals surface area contributed by atoms with Crippen LogP contribution in [0, 0.1) is 19.7 Å². The number of pyridine rings is 1. The van der Waals surface area contributed by atoms with Gasteiger partial charge in [-0.25, -0.2) is 9.37 Å². The molecule has 0 saturated carbocycles. The van der Waals surface area contributed by atoms with Crippen LogP contribution in [0.25, 0.3) is 0 Å². The van der Waals surface area contributed by atoms with Crippen LogP contribution in [0.1, 0.15) is 27.0 Å². The Bertz CT molecular complexity index is 623. The summed E-state index contributed by atoms with van der Waals surface area (Å²) in [6.45, 7) is 3.45. The Balaban J connectivity index is 2.47. The van der Waals surface area contributed by atoms with Gasteiger partial charge in [-0.3, -0.25) is 4.79 Å². The maximum atomic E-state index is 13.2. The minimum absolute atomic E-state index is 0.188. The van der Waals surface area contributed by atoms with Crippen molar-refractivity contribution >= 4 is 11.6 Å². The molecule has 0 spiro atoms. The second kappa shape index (κ2) is 4.56. The minimum Gasteiger partial charge on any atom is -0.383 e. The van der Waals surface area contributed by atoms with Crippen LogP contribution in [-0.2, 0) is 0 Å². The molecule has 0 radical (unpaired) electrons. The summed E-state index contributed by atoms with van der Waals surface area (Å²) >= 11 is 0. The molecular weight excluding hydrogens is 231 g/mol. The van der Waals surface area contributed by atoms with Gasteiger partial charge in [0.05, 0.1) is 5.56 Å². The van der Waals surface area contributed by atoms with Gasteiger partial charge in [0.2, 0.25) is 0 Å². The van der Waals surface area contributed by atoms with E-state index >= 15 is 0 Å². The number of aromatic nitrogens is 1. The van der Waals surface area contributed by atoms with Gasteiger partial charge in [-0.15, -0.1) is 0 Å². The van der Waals surface area contributed by atoms with E-state index in [9.17, 15) is 9.18 Å². The molecule has 2 N–H and O–H groups in total. The standard InChI is InChI=1S/C14H13FN2O/c1-8-5-11(14(16)17-7-8)13(18)10-3-4-12(15)9(2)6-10/h3-7H,1-2H3,(H2,16,17). The van der Waals surface area contributed by atoms with Crippen molar-refractivity contribution < 1.29 is 9.18 Å². The third-order valence-electron chi connectivity index (χ3n) is 2.72. The van der Waals surface area contributed by atoms with Gasteiger partial charge < -0.3 is 5.73 Å². The summed E-state index contributed by atoms with van der Waals surface area (Å²) in [4.78, 5) is 16.2. The lowest BCUT2D eigenvalue weighted by Gasteiger charge is -2.06. The fourth-order valence-corrected chi connectivity index (χ4v) is 1.70. The second-order valence-electron chi connectivity index (χ2n) is 4.24. The van der Waals surface area contributed by atoms with Crippen LogP contribution in [-0.4, -0.2) is 10.8 Å². The summed E-state index contributed by atoms with van der Waals surface area (Å²) in [5.41, 5.74) is 7.73. The molecule has 0 fully saturated rings. The van der Waals surface area contributed by atoms with Gasteiger partial charge in [0.15, 0.2) is 5.78 Å². The van der Waals surface area contributed by atoms with E-state index in [0.29, 0.717) is 16.7 Å². The van der Waals surface area contributed by atoms with E-state index in [2.05, 4.69) is 4.98 Å². The lowest BCUT2D eigenvalue weighted by atomic mass is 10.0. The van der Waals surface area contributed by atoms with Gasteiger partial charge in [0.1, 0.15) is 11.6 Å². The molecule has 1 heterocycles. The van der Waals surface area contributed by atoms with Gasteiger partial charge in [0, 0.05) is 11.8 Å². The average molecular weight is 244 g/mol. The van der Waals surface area contributed by atoms with E-state index < -0.39 is 0 Å². The Morgan fingerprint density at radius 2 is 2.00 bits per heavy atom. The predicted octanol–water partition coefficient (Wildman–Crippen LogP) is 2.65. The first-order chi connectivity index (χ1) is 8.49. The van der Waals surface area contributed by atoms with Gasteiger partial charge in [-0.2, -0.15) is 0 Å². The van der Waals surface area contributed by atoms with Crippen molar-refractivity contribution in [2.45, 2.75) is 13.8 Å². The molecule has 2 aromatic rings. The van der Waals surface area contributed by atoms with Crippen LogP contribution < -0.4 is 5.73 Å². The number of carbonyl (C=O) groups excluding carboxylic acids is 1. The highest BCUT2D eigenvalue weighted by molar-refractivity contribution is 6.11. The molecule has 0 aliphatic carbocycles. The molecule has 0 atom stereocenters. The van der Waals surface area contributed by atoms with Crippen molar-refractivity contribution in [2.24, 2.45) is 0 Å². The number of hydrogen-bond donors (Lipinski definition) is 1. The van der Waals surface area contributed by atoms with Crippen molar-refractivity contribution in [3.63, 3.8) is 0 Å². The highest BCUT2D eigenvalue weighted by Gasteiger charge is 2.14. The summed E-state index contributed by atoms with van der Waals surface area (Å²) in [6, 6.07) is 5.93. The third-order valence-corrected chi connectivity index (χ3v) is 2.72. The number of halogens is 1. The third kappa shape index (κ3) is 2.22. The largest absolute Gasteiger partial charge is 0.383 e. The van der Waals surface area contributed by atoms with E-state index in [0.717, 1.165) is 5.56 Å². The first-order valence-electron chi connectivity index (χ1n) is 5.52. The van der Waals surface area contributed by atoms with Crippen LogP contribution >= 0.6 is 0 Å². The van der Waals surface area contributed by atoms with Crippen LogP contribution in [0.3, 0.4) is 0 Å². The summed E-state index contributed by atoms with van der Waals surface area (Å²) in [5.74, 6) is -0.388. The van der Waals surface area contributed by atoms with E-state index in [1.54, 1.807) is 19.2 Å². The molecule has 0 amide bonds. The lowest BCUT2D eigenvalue weighted by Crippen LogP contribution is -2.08. The van der Waals surface area contributed by atoms with Crippen molar-refractivity contribution in [2.75, 3.05) is 5.73 Å². The molecule has 0 bridgehead atoms. The van der Waals surface area contributed by atoms with Gasteiger partial charge >= 0.3 is 0 Å². The number of nitrogens with zero attached hydrogens (tertiary/aromatic N) is 1. The van der Waals surface area contributed by atoms with E-state index in [-0.39, 0.29) is 17.4 Å². The fourth-order valence-electron chi connectivity index (χ4n) is 1.70. The number of benzene rings is 1. The summed E-state index contributed by atoms with van der Waals surface area (Å²) in [5, 5.41) is 0. The van der Waals surface area contributed by atoms with Crippen molar-refractivity contribution in [3.05, 3.63) is 58.5 Å². The Labute approximate surface area is 104 Å². The molecule has 4 heteroatoms. The smallest absolute Gasteiger partial charge is 0.196 e. The Morgan fingerprint density at radius 3 is 2.67 bits per heavy atom. The van der Waals surface area contributed by atoms with Gasteiger partial charge in [-0.05, 0) is 49.2 Å². The Hall–Kier alpha value is -2.23. The van der Waals surface area contributed by atoms with Gasteiger partial charge in [0.25, 0.3) is 0 Å². The number of aryl methyl sites for hydroxylation is 2. The molecule has 0 unspecified atom stereocenters. The van der Waals surface area contributed by atoms with Crippen LogP contribution in [0.4, 0.5) is 10.2 Å². The molecule has 0 aliphatic heterocycles. The number of ketones is 1. The zero-order valence-corrected chi connectivity index (χ0v) is 10.2. The predicted molar refractivity (Wildman–Crippen MR) is 68.0 cm³/mol. The van der Waals surface area contributed by atoms with Crippen LogP contribution in [0.5, 0.6) is 0 Å².